The minimum atomic E-state index is -0.913. The lowest BCUT2D eigenvalue weighted by Gasteiger charge is -2.18. The Labute approximate surface area is 183 Å². The third-order valence-electron chi connectivity index (χ3n) is 6.06. The van der Waals surface area contributed by atoms with Crippen LogP contribution in [0.25, 0.3) is 11.1 Å². The van der Waals surface area contributed by atoms with Crippen LogP contribution < -0.4 is 0 Å². The van der Waals surface area contributed by atoms with E-state index in [1.54, 1.807) is 12.1 Å². The second kappa shape index (κ2) is 9.73. The van der Waals surface area contributed by atoms with Gasteiger partial charge < -0.3 is 5.11 Å². The monoisotopic (exact) mass is 415 g/mol. The quantitative estimate of drug-likeness (QED) is 0.468. The Morgan fingerprint density at radius 3 is 2.55 bits per heavy atom. The van der Waals surface area contributed by atoms with Gasteiger partial charge in [0.05, 0.1) is 12.1 Å². The van der Waals surface area contributed by atoms with Crippen molar-refractivity contribution in [3.05, 3.63) is 84.0 Å². The molecule has 4 rings (SSSR count). The highest BCUT2D eigenvalue weighted by Crippen LogP contribution is 2.31. The number of hydrogen-bond acceptors (Lipinski definition) is 3. The van der Waals surface area contributed by atoms with E-state index in [1.807, 2.05) is 47.2 Å². The van der Waals surface area contributed by atoms with Crippen LogP contribution in [0.5, 0.6) is 0 Å². The number of hydrogen-bond donors (Lipinski definition) is 1. The zero-order chi connectivity index (χ0) is 21.6. The molecule has 1 saturated carbocycles. The number of nitrogens with zero attached hydrogens (tertiary/aromatic N) is 3. The molecule has 1 aromatic heterocycles. The summed E-state index contributed by atoms with van der Waals surface area (Å²) < 4.78 is 2.04. The molecule has 0 aliphatic heterocycles. The normalized spacial score (nSPS) is 14.5. The van der Waals surface area contributed by atoms with Crippen molar-refractivity contribution < 1.29 is 9.90 Å². The molecule has 3 aromatic rings. The van der Waals surface area contributed by atoms with Gasteiger partial charge in [0.25, 0.3) is 0 Å². The van der Waals surface area contributed by atoms with Gasteiger partial charge in [-0.25, -0.2) is 14.5 Å². The fourth-order valence-electron chi connectivity index (χ4n) is 4.35. The number of aromatic nitrogens is 3. The molecule has 0 atom stereocenters. The summed E-state index contributed by atoms with van der Waals surface area (Å²) in [5, 5.41) is 14.4. The Morgan fingerprint density at radius 2 is 1.84 bits per heavy atom. The predicted molar refractivity (Wildman–Crippen MR) is 122 cm³/mol. The van der Waals surface area contributed by atoms with E-state index in [0.29, 0.717) is 18.0 Å². The van der Waals surface area contributed by atoms with E-state index >= 15 is 0 Å². The highest BCUT2D eigenvalue weighted by molar-refractivity contribution is 5.95. The third kappa shape index (κ3) is 4.93. The van der Waals surface area contributed by atoms with Crippen molar-refractivity contribution in [3.8, 4) is 11.1 Å². The molecular weight excluding hydrogens is 386 g/mol. The molecule has 2 aromatic carbocycles. The molecule has 5 heteroatoms. The maximum atomic E-state index is 11.5. The van der Waals surface area contributed by atoms with Crippen molar-refractivity contribution in [1.82, 2.24) is 14.8 Å². The average molecular weight is 416 g/mol. The summed E-state index contributed by atoms with van der Waals surface area (Å²) in [6.07, 6.45) is 9.86. The third-order valence-corrected chi connectivity index (χ3v) is 6.06. The maximum absolute atomic E-state index is 11.5. The predicted octanol–water partition coefficient (Wildman–Crippen LogP) is 5.86. The number of benzene rings is 2. The molecule has 5 nitrogen and oxygen atoms in total. The van der Waals surface area contributed by atoms with Crippen LogP contribution in [0.2, 0.25) is 0 Å². The minimum Gasteiger partial charge on any atom is -0.478 e. The van der Waals surface area contributed by atoms with E-state index in [1.165, 1.54) is 32.1 Å². The Morgan fingerprint density at radius 1 is 1.10 bits per heavy atom. The van der Waals surface area contributed by atoms with Crippen molar-refractivity contribution in [2.75, 3.05) is 0 Å². The summed E-state index contributed by atoms with van der Waals surface area (Å²) in [6.45, 7) is 4.50. The number of allylic oxidation sites excluding steroid dienone is 1. The van der Waals surface area contributed by atoms with Crippen LogP contribution in [0.15, 0.2) is 61.2 Å². The standard InChI is InChI=1S/C26H29N3O2/c1-2-3-13-24-27-25(21-9-5-4-6-10-21)28-29(24)18-19-14-16-20(17-15-19)22-11-7-8-12-23(22)26(30)31/h2,7-8,11-12,14-17,21H,1,3-6,9-10,13,18H2,(H,30,31). The minimum absolute atomic E-state index is 0.315. The summed E-state index contributed by atoms with van der Waals surface area (Å²) in [4.78, 5) is 16.4. The van der Waals surface area contributed by atoms with Crippen LogP contribution in [0.4, 0.5) is 0 Å². The van der Waals surface area contributed by atoms with Crippen molar-refractivity contribution >= 4 is 5.97 Å². The molecule has 0 amide bonds. The second-order valence-electron chi connectivity index (χ2n) is 8.25. The highest BCUT2D eigenvalue weighted by Gasteiger charge is 2.21. The van der Waals surface area contributed by atoms with Crippen LogP contribution in [0.3, 0.4) is 0 Å². The van der Waals surface area contributed by atoms with Crippen LogP contribution in [0.1, 0.15) is 72.0 Å². The van der Waals surface area contributed by atoms with Gasteiger partial charge in [0, 0.05) is 12.3 Å². The summed E-state index contributed by atoms with van der Waals surface area (Å²) in [7, 11) is 0. The molecule has 0 unspecified atom stereocenters. The van der Waals surface area contributed by atoms with Gasteiger partial charge in [-0.2, -0.15) is 5.10 Å². The van der Waals surface area contributed by atoms with Crippen molar-refractivity contribution in [2.45, 2.75) is 57.4 Å². The van der Waals surface area contributed by atoms with Crippen LogP contribution >= 0.6 is 0 Å². The maximum Gasteiger partial charge on any atom is 0.336 e. The van der Waals surface area contributed by atoms with E-state index in [4.69, 9.17) is 10.1 Å². The number of carboxylic acid groups (broad SMARTS) is 1. The molecule has 1 N–H and O–H groups in total. The summed E-state index contributed by atoms with van der Waals surface area (Å²) in [5.41, 5.74) is 3.07. The molecule has 1 aliphatic rings. The van der Waals surface area contributed by atoms with Crippen molar-refractivity contribution in [1.29, 1.82) is 0 Å². The lowest BCUT2D eigenvalue weighted by atomic mass is 9.89. The van der Waals surface area contributed by atoms with Gasteiger partial charge in [-0.1, -0.05) is 67.8 Å². The fraction of sp³-hybridized carbons (Fsp3) is 0.346. The van der Waals surface area contributed by atoms with Crippen LogP contribution in [0, 0.1) is 0 Å². The number of carboxylic acids is 1. The Hall–Kier alpha value is -3.21. The van der Waals surface area contributed by atoms with Crippen LogP contribution in [-0.2, 0) is 13.0 Å². The van der Waals surface area contributed by atoms with Gasteiger partial charge in [-0.15, -0.1) is 6.58 Å². The fourth-order valence-corrected chi connectivity index (χ4v) is 4.35. The topological polar surface area (TPSA) is 68.0 Å². The summed E-state index contributed by atoms with van der Waals surface area (Å²) in [6, 6.07) is 15.2. The zero-order valence-electron chi connectivity index (χ0n) is 17.8. The number of aryl methyl sites for hydroxylation is 1. The van der Waals surface area contributed by atoms with Crippen molar-refractivity contribution in [2.24, 2.45) is 0 Å². The van der Waals surface area contributed by atoms with Crippen LogP contribution in [-0.4, -0.2) is 25.8 Å². The highest BCUT2D eigenvalue weighted by atomic mass is 16.4. The zero-order valence-corrected chi connectivity index (χ0v) is 17.8. The van der Waals surface area contributed by atoms with Gasteiger partial charge in [-0.05, 0) is 42.0 Å². The average Bonchev–Trinajstić information content (AvgIpc) is 3.21. The first-order valence-corrected chi connectivity index (χ1v) is 11.1. The Balaban J connectivity index is 1.56. The Kier molecular flexibility index (Phi) is 6.60. The molecule has 1 heterocycles. The van der Waals surface area contributed by atoms with E-state index in [2.05, 4.69) is 6.58 Å². The van der Waals surface area contributed by atoms with E-state index in [-0.39, 0.29) is 0 Å². The first kappa shape index (κ1) is 21.0. The first-order chi connectivity index (χ1) is 15.2. The smallest absolute Gasteiger partial charge is 0.336 e. The number of carbonyl (C=O) groups is 1. The van der Waals surface area contributed by atoms with E-state index in [9.17, 15) is 9.90 Å². The summed E-state index contributed by atoms with van der Waals surface area (Å²) in [5.74, 6) is 1.57. The molecule has 0 bridgehead atoms. The second-order valence-corrected chi connectivity index (χ2v) is 8.25. The van der Waals surface area contributed by atoms with Gasteiger partial charge in [0.1, 0.15) is 5.82 Å². The van der Waals surface area contributed by atoms with Gasteiger partial charge in [0.15, 0.2) is 5.82 Å². The molecule has 31 heavy (non-hydrogen) atoms. The number of aromatic carboxylic acids is 1. The first-order valence-electron chi connectivity index (χ1n) is 11.1. The Bertz CT molecular complexity index is 1050. The molecule has 160 valence electrons. The lowest BCUT2D eigenvalue weighted by Crippen LogP contribution is -2.09. The van der Waals surface area contributed by atoms with Gasteiger partial charge in [-0.3, -0.25) is 0 Å². The summed E-state index contributed by atoms with van der Waals surface area (Å²) >= 11 is 0. The molecule has 0 spiro atoms. The van der Waals surface area contributed by atoms with E-state index < -0.39 is 5.97 Å². The molecule has 1 fully saturated rings. The van der Waals surface area contributed by atoms with E-state index in [0.717, 1.165) is 41.2 Å². The molecule has 0 saturated heterocycles. The molecule has 1 aliphatic carbocycles. The van der Waals surface area contributed by atoms with Crippen molar-refractivity contribution in [3.63, 3.8) is 0 Å². The molecular formula is C26H29N3O2. The van der Waals surface area contributed by atoms with Gasteiger partial charge >= 0.3 is 5.97 Å². The lowest BCUT2D eigenvalue weighted by molar-refractivity contribution is 0.0697. The van der Waals surface area contributed by atoms with Gasteiger partial charge in [0.2, 0.25) is 0 Å². The number of rotatable bonds is 8. The SMILES string of the molecule is C=CCCc1nc(C2CCCCC2)nn1Cc1ccc(-c2ccccc2C(=O)O)cc1. The molecule has 0 radical (unpaired) electrons. The largest absolute Gasteiger partial charge is 0.478 e.